The number of nitrogens with two attached hydrogens (primary N) is 1. The number of hydrogen-bond acceptors (Lipinski definition) is 6. The molecule has 1 heterocycles. The van der Waals surface area contributed by atoms with Crippen LogP contribution in [0, 0.1) is 0 Å². The lowest BCUT2D eigenvalue weighted by Gasteiger charge is -2.14. The number of anilines is 1. The van der Waals surface area contributed by atoms with Gasteiger partial charge in [0.2, 0.25) is 0 Å². The van der Waals surface area contributed by atoms with Crippen molar-refractivity contribution in [1.82, 2.24) is 9.55 Å². The zero-order valence-electron chi connectivity index (χ0n) is 11.8. The summed E-state index contributed by atoms with van der Waals surface area (Å²) in [6.45, 7) is 2.02. The molecule has 1 aromatic heterocycles. The molecule has 1 aromatic carbocycles. The van der Waals surface area contributed by atoms with Crippen LogP contribution in [0.3, 0.4) is 0 Å². The number of carbonyl (C=O) groups is 1. The van der Waals surface area contributed by atoms with E-state index in [1.165, 1.54) is 6.07 Å². The van der Waals surface area contributed by atoms with Crippen LogP contribution in [-0.4, -0.2) is 27.9 Å². The maximum absolute atomic E-state index is 11.6. The quantitative estimate of drug-likeness (QED) is 0.510. The van der Waals surface area contributed by atoms with E-state index in [-0.39, 0.29) is 17.5 Å². The van der Waals surface area contributed by atoms with Crippen molar-refractivity contribution in [3.63, 3.8) is 0 Å². The monoisotopic (exact) mass is 339 g/mol. The van der Waals surface area contributed by atoms with Crippen LogP contribution in [0.4, 0.5) is 5.82 Å². The molecule has 116 valence electrons. The molecular weight excluding hydrogens is 326 g/mol. The van der Waals surface area contributed by atoms with E-state index < -0.39 is 5.56 Å². The molecule has 0 radical (unpaired) electrons. The standard InChI is InChI=1S/C14H14ClN3O3S/c1-2-21-13(20)8-22-14-17-12(19)7-11(16)18(14)10-5-3-4-9(15)6-10/h3-7H,2,8,16H2,1H3. The Kier molecular flexibility index (Phi) is 5.46. The largest absolute Gasteiger partial charge is 0.465 e. The van der Waals surface area contributed by atoms with Gasteiger partial charge in [-0.15, -0.1) is 0 Å². The van der Waals surface area contributed by atoms with Crippen LogP contribution < -0.4 is 11.3 Å². The molecule has 6 nitrogen and oxygen atoms in total. The molecule has 22 heavy (non-hydrogen) atoms. The number of carbonyl (C=O) groups excluding carboxylic acids is 1. The van der Waals surface area contributed by atoms with Gasteiger partial charge in [-0.2, -0.15) is 4.98 Å². The molecule has 8 heteroatoms. The van der Waals surface area contributed by atoms with Crippen molar-refractivity contribution in [2.24, 2.45) is 0 Å². The van der Waals surface area contributed by atoms with E-state index in [0.29, 0.717) is 22.5 Å². The van der Waals surface area contributed by atoms with Crippen LogP contribution in [0.5, 0.6) is 0 Å². The van der Waals surface area contributed by atoms with Crippen LogP contribution in [0.2, 0.25) is 5.02 Å². The van der Waals surface area contributed by atoms with E-state index in [9.17, 15) is 9.59 Å². The first-order valence-corrected chi connectivity index (χ1v) is 7.81. The maximum Gasteiger partial charge on any atom is 0.316 e. The van der Waals surface area contributed by atoms with Gasteiger partial charge in [0.1, 0.15) is 5.82 Å². The molecule has 0 bridgehead atoms. The highest BCUT2D eigenvalue weighted by atomic mass is 35.5. The first-order chi connectivity index (χ1) is 10.5. The van der Waals surface area contributed by atoms with Crippen molar-refractivity contribution in [2.75, 3.05) is 18.1 Å². The second-order valence-corrected chi connectivity index (χ2v) is 5.59. The number of nitrogen functional groups attached to an aromatic ring is 1. The van der Waals surface area contributed by atoms with Gasteiger partial charge >= 0.3 is 5.97 Å². The zero-order chi connectivity index (χ0) is 16.1. The van der Waals surface area contributed by atoms with Crippen molar-refractivity contribution in [1.29, 1.82) is 0 Å². The summed E-state index contributed by atoms with van der Waals surface area (Å²) in [6.07, 6.45) is 0. The summed E-state index contributed by atoms with van der Waals surface area (Å²) in [7, 11) is 0. The minimum atomic E-state index is -0.470. The van der Waals surface area contributed by atoms with Crippen molar-refractivity contribution >= 4 is 35.1 Å². The lowest BCUT2D eigenvalue weighted by atomic mass is 10.3. The lowest BCUT2D eigenvalue weighted by Crippen LogP contribution is -2.17. The van der Waals surface area contributed by atoms with Crippen LogP contribution >= 0.6 is 23.4 Å². The Balaban J connectivity index is 2.40. The summed E-state index contributed by atoms with van der Waals surface area (Å²) in [4.78, 5) is 27.0. The SMILES string of the molecule is CCOC(=O)CSc1nc(=O)cc(N)n1-c1cccc(Cl)c1. The first kappa shape index (κ1) is 16.4. The number of rotatable bonds is 5. The number of hydrogen-bond donors (Lipinski definition) is 1. The van der Waals surface area contributed by atoms with Crippen LogP contribution in [0.15, 0.2) is 40.3 Å². The Bertz CT molecular complexity index is 748. The van der Waals surface area contributed by atoms with Gasteiger partial charge in [-0.25, -0.2) is 0 Å². The summed E-state index contributed by atoms with van der Waals surface area (Å²) in [5.74, 6) is -0.139. The third-order valence-electron chi connectivity index (χ3n) is 2.62. The van der Waals surface area contributed by atoms with Crippen molar-refractivity contribution in [3.05, 3.63) is 45.7 Å². The molecule has 0 aliphatic heterocycles. The van der Waals surface area contributed by atoms with E-state index in [0.717, 1.165) is 11.8 Å². The van der Waals surface area contributed by atoms with E-state index in [4.69, 9.17) is 22.1 Å². The molecular formula is C14H14ClN3O3S. The Labute approximate surface area is 136 Å². The summed E-state index contributed by atoms with van der Waals surface area (Å²) >= 11 is 7.06. The topological polar surface area (TPSA) is 87.2 Å². The number of esters is 1. The smallest absolute Gasteiger partial charge is 0.316 e. The highest BCUT2D eigenvalue weighted by molar-refractivity contribution is 7.99. The van der Waals surface area contributed by atoms with E-state index in [1.807, 2.05) is 0 Å². The van der Waals surface area contributed by atoms with Crippen molar-refractivity contribution < 1.29 is 9.53 Å². The van der Waals surface area contributed by atoms with Gasteiger partial charge in [0.25, 0.3) is 5.56 Å². The number of halogens is 1. The normalized spacial score (nSPS) is 10.5. The highest BCUT2D eigenvalue weighted by Gasteiger charge is 2.13. The molecule has 2 rings (SSSR count). The molecule has 0 aliphatic rings. The fourth-order valence-electron chi connectivity index (χ4n) is 1.78. The number of benzene rings is 1. The third-order valence-corrected chi connectivity index (χ3v) is 3.76. The predicted octanol–water partition coefficient (Wildman–Crippen LogP) is 2.12. The number of ether oxygens (including phenoxy) is 1. The van der Waals surface area contributed by atoms with Gasteiger partial charge in [-0.1, -0.05) is 29.4 Å². The first-order valence-electron chi connectivity index (χ1n) is 6.45. The molecule has 0 unspecified atom stereocenters. The van der Waals surface area contributed by atoms with Gasteiger partial charge < -0.3 is 10.5 Å². The lowest BCUT2D eigenvalue weighted by molar-refractivity contribution is -0.139. The average Bonchev–Trinajstić information content (AvgIpc) is 2.44. The van der Waals surface area contributed by atoms with Crippen molar-refractivity contribution in [2.45, 2.75) is 12.1 Å². The number of nitrogens with zero attached hydrogens (tertiary/aromatic N) is 2. The Morgan fingerprint density at radius 1 is 1.45 bits per heavy atom. The van der Waals surface area contributed by atoms with Crippen LogP contribution in [0.1, 0.15) is 6.92 Å². The van der Waals surface area contributed by atoms with E-state index >= 15 is 0 Å². The number of thioether (sulfide) groups is 1. The summed E-state index contributed by atoms with van der Waals surface area (Å²) < 4.78 is 6.43. The molecule has 0 spiro atoms. The minimum Gasteiger partial charge on any atom is -0.465 e. The number of aromatic nitrogens is 2. The van der Waals surface area contributed by atoms with Crippen molar-refractivity contribution in [3.8, 4) is 5.69 Å². The Hall–Kier alpha value is -1.99. The fraction of sp³-hybridized carbons (Fsp3) is 0.214. The highest BCUT2D eigenvalue weighted by Crippen LogP contribution is 2.24. The van der Waals surface area contributed by atoms with E-state index in [2.05, 4.69) is 4.98 Å². The molecule has 0 saturated heterocycles. The fourth-order valence-corrected chi connectivity index (χ4v) is 2.78. The minimum absolute atomic E-state index is 0.0320. The molecule has 2 aromatic rings. The Morgan fingerprint density at radius 2 is 2.23 bits per heavy atom. The van der Waals surface area contributed by atoms with Gasteiger partial charge in [-0.3, -0.25) is 14.2 Å². The van der Waals surface area contributed by atoms with Gasteiger partial charge in [0.15, 0.2) is 5.16 Å². The van der Waals surface area contributed by atoms with Crippen LogP contribution in [0.25, 0.3) is 5.69 Å². The molecule has 2 N–H and O–H groups in total. The van der Waals surface area contributed by atoms with Crippen LogP contribution in [-0.2, 0) is 9.53 Å². The summed E-state index contributed by atoms with van der Waals surface area (Å²) in [6, 6.07) is 8.17. The van der Waals surface area contributed by atoms with Gasteiger partial charge in [0, 0.05) is 11.1 Å². The molecule has 0 fully saturated rings. The molecule has 0 atom stereocenters. The maximum atomic E-state index is 11.6. The second kappa shape index (κ2) is 7.33. The van der Waals surface area contributed by atoms with Gasteiger partial charge in [0.05, 0.1) is 18.0 Å². The van der Waals surface area contributed by atoms with E-state index in [1.54, 1.807) is 35.8 Å². The molecule has 0 saturated carbocycles. The third kappa shape index (κ3) is 4.02. The molecule has 0 amide bonds. The second-order valence-electron chi connectivity index (χ2n) is 4.21. The molecule has 0 aliphatic carbocycles. The predicted molar refractivity (Wildman–Crippen MR) is 86.6 cm³/mol. The summed E-state index contributed by atoms with van der Waals surface area (Å²) in [5.41, 5.74) is 6.11. The zero-order valence-corrected chi connectivity index (χ0v) is 13.4. The average molecular weight is 340 g/mol. The Morgan fingerprint density at radius 3 is 2.91 bits per heavy atom. The van der Waals surface area contributed by atoms with Gasteiger partial charge in [-0.05, 0) is 25.1 Å². The summed E-state index contributed by atoms with van der Waals surface area (Å²) in [5, 5.41) is 0.831.